The van der Waals surface area contributed by atoms with E-state index in [-0.39, 0.29) is 5.91 Å². The third-order valence-corrected chi connectivity index (χ3v) is 3.49. The van der Waals surface area contributed by atoms with Crippen molar-refractivity contribution in [1.29, 1.82) is 0 Å². The van der Waals surface area contributed by atoms with Crippen molar-refractivity contribution in [1.82, 2.24) is 10.6 Å². The molecule has 2 unspecified atom stereocenters. The van der Waals surface area contributed by atoms with E-state index < -0.39 is 23.9 Å². The molecule has 24 heavy (non-hydrogen) atoms. The largest absolute Gasteiger partial charge is 0.368 e. The van der Waals surface area contributed by atoms with Crippen molar-refractivity contribution in [2.24, 2.45) is 5.73 Å². The first-order valence-corrected chi connectivity index (χ1v) is 7.49. The molecule has 2 aromatic carbocycles. The summed E-state index contributed by atoms with van der Waals surface area (Å²) in [6, 6.07) is 15.6. The van der Waals surface area contributed by atoms with Gasteiger partial charge in [0, 0.05) is 5.56 Å². The summed E-state index contributed by atoms with van der Waals surface area (Å²) in [5, 5.41) is 5.20. The highest BCUT2D eigenvalue weighted by atomic mass is 16.2. The molecule has 3 amide bonds. The van der Waals surface area contributed by atoms with E-state index in [4.69, 9.17) is 5.73 Å². The minimum atomic E-state index is -0.930. The van der Waals surface area contributed by atoms with Gasteiger partial charge in [0.1, 0.15) is 12.1 Å². The summed E-state index contributed by atoms with van der Waals surface area (Å²) >= 11 is 0. The Morgan fingerprint density at radius 1 is 0.875 bits per heavy atom. The molecule has 2 aromatic rings. The standard InChI is InChI=1S/C18H19N3O3/c1-12(16(19)22)20-18(24)15(13-8-4-2-5-9-13)21-17(23)14-10-6-3-7-11-14/h2-12,15H,1H3,(H2,19,22)(H,20,24)(H,21,23). The zero-order chi connectivity index (χ0) is 17.5. The van der Waals surface area contributed by atoms with E-state index in [0.29, 0.717) is 11.1 Å². The van der Waals surface area contributed by atoms with Crippen molar-refractivity contribution in [3.8, 4) is 0 Å². The number of rotatable bonds is 6. The highest BCUT2D eigenvalue weighted by Crippen LogP contribution is 2.14. The van der Waals surface area contributed by atoms with Gasteiger partial charge in [-0.15, -0.1) is 0 Å². The van der Waals surface area contributed by atoms with Crippen LogP contribution in [0.5, 0.6) is 0 Å². The number of benzene rings is 2. The SMILES string of the molecule is CC(NC(=O)C(NC(=O)c1ccccc1)c1ccccc1)C(N)=O. The molecule has 6 nitrogen and oxygen atoms in total. The fourth-order valence-electron chi connectivity index (χ4n) is 2.12. The number of hydrogen-bond donors (Lipinski definition) is 3. The highest BCUT2D eigenvalue weighted by molar-refractivity contribution is 5.98. The second-order valence-electron chi connectivity index (χ2n) is 5.32. The molecule has 0 aliphatic carbocycles. The van der Waals surface area contributed by atoms with Crippen molar-refractivity contribution in [3.05, 3.63) is 71.8 Å². The first-order valence-electron chi connectivity index (χ1n) is 7.49. The van der Waals surface area contributed by atoms with Crippen molar-refractivity contribution < 1.29 is 14.4 Å². The summed E-state index contributed by atoms with van der Waals surface area (Å²) < 4.78 is 0. The molecule has 0 saturated carbocycles. The van der Waals surface area contributed by atoms with Gasteiger partial charge in [-0.1, -0.05) is 48.5 Å². The van der Waals surface area contributed by atoms with E-state index in [0.717, 1.165) is 0 Å². The normalized spacial score (nSPS) is 12.7. The Morgan fingerprint density at radius 2 is 1.42 bits per heavy atom. The van der Waals surface area contributed by atoms with E-state index >= 15 is 0 Å². The lowest BCUT2D eigenvalue weighted by Gasteiger charge is -2.20. The summed E-state index contributed by atoms with van der Waals surface area (Å²) in [4.78, 5) is 36.0. The maximum Gasteiger partial charge on any atom is 0.252 e. The predicted molar refractivity (Wildman–Crippen MR) is 89.9 cm³/mol. The average Bonchev–Trinajstić information content (AvgIpc) is 2.60. The number of nitrogens with two attached hydrogens (primary N) is 1. The van der Waals surface area contributed by atoms with Crippen molar-refractivity contribution >= 4 is 17.7 Å². The molecular weight excluding hydrogens is 306 g/mol. The fraction of sp³-hybridized carbons (Fsp3) is 0.167. The number of amides is 3. The van der Waals surface area contributed by atoms with Crippen LogP contribution in [0.1, 0.15) is 28.9 Å². The zero-order valence-corrected chi connectivity index (χ0v) is 13.2. The van der Waals surface area contributed by atoms with Gasteiger partial charge >= 0.3 is 0 Å². The minimum absolute atomic E-state index is 0.383. The van der Waals surface area contributed by atoms with Crippen molar-refractivity contribution in [3.63, 3.8) is 0 Å². The average molecular weight is 325 g/mol. The molecule has 6 heteroatoms. The summed E-state index contributed by atoms with van der Waals surface area (Å²) in [6.45, 7) is 1.49. The van der Waals surface area contributed by atoms with E-state index in [1.165, 1.54) is 6.92 Å². The van der Waals surface area contributed by atoms with Gasteiger partial charge in [0.15, 0.2) is 0 Å². The molecule has 124 valence electrons. The first kappa shape index (κ1) is 17.2. The minimum Gasteiger partial charge on any atom is -0.368 e. The van der Waals surface area contributed by atoms with Crippen LogP contribution in [-0.2, 0) is 9.59 Å². The third-order valence-electron chi connectivity index (χ3n) is 3.49. The Morgan fingerprint density at radius 3 is 1.96 bits per heavy atom. The maximum atomic E-state index is 12.5. The van der Waals surface area contributed by atoms with Gasteiger partial charge in [0.2, 0.25) is 11.8 Å². The van der Waals surface area contributed by atoms with Crippen LogP contribution in [0, 0.1) is 0 Å². The van der Waals surface area contributed by atoms with E-state index in [1.807, 2.05) is 6.07 Å². The lowest BCUT2D eigenvalue weighted by Crippen LogP contribution is -2.47. The van der Waals surface area contributed by atoms with Gasteiger partial charge in [-0.05, 0) is 24.6 Å². The molecule has 0 spiro atoms. The lowest BCUT2D eigenvalue weighted by molar-refractivity contribution is -0.128. The molecule has 2 rings (SSSR count). The van der Waals surface area contributed by atoms with E-state index in [9.17, 15) is 14.4 Å². The Hall–Kier alpha value is -3.15. The lowest BCUT2D eigenvalue weighted by atomic mass is 10.0. The van der Waals surface area contributed by atoms with Gasteiger partial charge in [-0.25, -0.2) is 0 Å². The second kappa shape index (κ2) is 7.92. The van der Waals surface area contributed by atoms with Crippen LogP contribution >= 0.6 is 0 Å². The number of carbonyl (C=O) groups excluding carboxylic acids is 3. The van der Waals surface area contributed by atoms with Crippen LogP contribution in [0.25, 0.3) is 0 Å². The Bertz CT molecular complexity index is 717. The molecule has 2 atom stereocenters. The molecule has 0 aliphatic heterocycles. The van der Waals surface area contributed by atoms with Gasteiger partial charge < -0.3 is 16.4 Å². The molecular formula is C18H19N3O3. The zero-order valence-electron chi connectivity index (χ0n) is 13.2. The molecule has 0 radical (unpaired) electrons. The van der Waals surface area contributed by atoms with Crippen LogP contribution in [0.2, 0.25) is 0 Å². The Kier molecular flexibility index (Phi) is 5.68. The molecule has 0 bridgehead atoms. The first-order chi connectivity index (χ1) is 11.5. The number of hydrogen-bond acceptors (Lipinski definition) is 3. The summed E-state index contributed by atoms with van der Waals surface area (Å²) in [5.74, 6) is -1.53. The molecule has 0 fully saturated rings. The molecule has 0 aliphatic rings. The van der Waals surface area contributed by atoms with E-state index in [2.05, 4.69) is 10.6 Å². The van der Waals surface area contributed by atoms with Crippen molar-refractivity contribution in [2.75, 3.05) is 0 Å². The Balaban J connectivity index is 2.22. The quantitative estimate of drug-likeness (QED) is 0.742. The number of nitrogens with one attached hydrogen (secondary N) is 2. The van der Waals surface area contributed by atoms with Gasteiger partial charge in [-0.2, -0.15) is 0 Å². The van der Waals surface area contributed by atoms with Crippen LogP contribution in [0.4, 0.5) is 0 Å². The summed E-state index contributed by atoms with van der Waals surface area (Å²) in [7, 11) is 0. The van der Waals surface area contributed by atoms with Crippen LogP contribution in [0.3, 0.4) is 0 Å². The third kappa shape index (κ3) is 4.42. The number of primary amides is 1. The second-order valence-corrected chi connectivity index (χ2v) is 5.32. The van der Waals surface area contributed by atoms with Crippen LogP contribution < -0.4 is 16.4 Å². The fourth-order valence-corrected chi connectivity index (χ4v) is 2.12. The van der Waals surface area contributed by atoms with Gasteiger partial charge in [-0.3, -0.25) is 14.4 Å². The van der Waals surface area contributed by atoms with Gasteiger partial charge in [0.25, 0.3) is 5.91 Å². The van der Waals surface area contributed by atoms with Crippen LogP contribution in [-0.4, -0.2) is 23.8 Å². The predicted octanol–water partition coefficient (Wildman–Crippen LogP) is 1.15. The summed E-state index contributed by atoms with van der Waals surface area (Å²) in [5.41, 5.74) is 6.22. The van der Waals surface area contributed by atoms with Crippen molar-refractivity contribution in [2.45, 2.75) is 19.0 Å². The smallest absolute Gasteiger partial charge is 0.252 e. The molecule has 0 heterocycles. The van der Waals surface area contributed by atoms with Gasteiger partial charge in [0.05, 0.1) is 0 Å². The molecule has 0 saturated heterocycles. The van der Waals surface area contributed by atoms with E-state index in [1.54, 1.807) is 54.6 Å². The highest BCUT2D eigenvalue weighted by Gasteiger charge is 2.25. The topological polar surface area (TPSA) is 101 Å². The summed E-state index contributed by atoms with van der Waals surface area (Å²) in [6.07, 6.45) is 0. The number of carbonyl (C=O) groups is 3. The molecule has 4 N–H and O–H groups in total. The Labute approximate surface area is 140 Å². The maximum absolute atomic E-state index is 12.5. The molecule has 0 aromatic heterocycles. The monoisotopic (exact) mass is 325 g/mol. The van der Waals surface area contributed by atoms with Crippen LogP contribution in [0.15, 0.2) is 60.7 Å².